The number of nitrogens with zero attached hydrogens (tertiary/aromatic N) is 1. The first-order valence-electron chi connectivity index (χ1n) is 4.17. The van der Waals surface area contributed by atoms with Crippen LogP contribution in [0.15, 0.2) is 11.8 Å². The number of allylic oxidation sites excluding steroid dienone is 1. The summed E-state index contributed by atoms with van der Waals surface area (Å²) in [5.74, 6) is 0.255. The Bertz CT molecular complexity index is 194. The third-order valence-electron chi connectivity index (χ3n) is 1.99. The fourth-order valence-corrected chi connectivity index (χ4v) is 1.26. The van der Waals surface area contributed by atoms with Gasteiger partial charge in [0.05, 0.1) is 11.5 Å². The van der Waals surface area contributed by atoms with Crippen molar-refractivity contribution in [3.05, 3.63) is 21.9 Å². The van der Waals surface area contributed by atoms with Crippen molar-refractivity contribution < 1.29 is 9.66 Å². The molecule has 1 atom stereocenters. The van der Waals surface area contributed by atoms with Crippen molar-refractivity contribution in [2.24, 2.45) is 5.92 Å². The summed E-state index contributed by atoms with van der Waals surface area (Å²) in [6, 6.07) is 0. The van der Waals surface area contributed by atoms with Crippen LogP contribution in [0.5, 0.6) is 0 Å². The summed E-state index contributed by atoms with van der Waals surface area (Å²) in [4.78, 5) is 10.1. The lowest BCUT2D eigenvalue weighted by Crippen LogP contribution is -2.02. The van der Waals surface area contributed by atoms with E-state index in [1.807, 2.05) is 0 Å². The highest BCUT2D eigenvalue weighted by atomic mass is 16.6. The first-order valence-corrected chi connectivity index (χ1v) is 4.17. The summed E-state index contributed by atoms with van der Waals surface area (Å²) in [5.41, 5.74) is 0.311. The fourth-order valence-electron chi connectivity index (χ4n) is 1.26. The lowest BCUT2D eigenvalue weighted by Gasteiger charge is -1.99. The summed E-state index contributed by atoms with van der Waals surface area (Å²) >= 11 is 0. The van der Waals surface area contributed by atoms with Gasteiger partial charge in [0.25, 0.3) is 0 Å². The number of nitro groups is 1. The molecular weight excluding hydrogens is 158 g/mol. The molecule has 0 aromatic carbocycles. The summed E-state index contributed by atoms with van der Waals surface area (Å²) in [5, 5.41) is 10.4. The molecule has 0 aromatic rings. The van der Waals surface area contributed by atoms with Gasteiger partial charge in [0.2, 0.25) is 5.70 Å². The first kappa shape index (κ1) is 9.19. The van der Waals surface area contributed by atoms with E-state index in [-0.39, 0.29) is 10.8 Å². The van der Waals surface area contributed by atoms with Crippen LogP contribution in [0.3, 0.4) is 0 Å². The summed E-state index contributed by atoms with van der Waals surface area (Å²) in [7, 11) is 0. The van der Waals surface area contributed by atoms with E-state index < -0.39 is 0 Å². The minimum absolute atomic E-state index is 0.255. The Kier molecular flexibility index (Phi) is 3.22. The van der Waals surface area contributed by atoms with Crippen LogP contribution < -0.4 is 0 Å². The molecule has 0 spiro atoms. The Balaban J connectivity index is 2.56. The molecule has 1 aliphatic heterocycles. The summed E-state index contributed by atoms with van der Waals surface area (Å²) in [6.45, 7) is 3.16. The van der Waals surface area contributed by atoms with Crippen molar-refractivity contribution in [2.75, 3.05) is 13.2 Å². The highest BCUT2D eigenvalue weighted by molar-refractivity contribution is 4.96. The van der Waals surface area contributed by atoms with E-state index in [1.165, 1.54) is 0 Å². The van der Waals surface area contributed by atoms with E-state index in [4.69, 9.17) is 4.74 Å². The summed E-state index contributed by atoms with van der Waals surface area (Å²) < 4.78 is 5.12. The van der Waals surface area contributed by atoms with E-state index in [2.05, 4.69) is 0 Å². The average Bonchev–Trinajstić information content (AvgIpc) is 2.51. The molecule has 0 aliphatic carbocycles. The molecule has 1 unspecified atom stereocenters. The molecule has 1 fully saturated rings. The molecule has 1 saturated heterocycles. The molecule has 4 nitrogen and oxygen atoms in total. The molecular formula is C8H13NO3. The fraction of sp³-hybridized carbons (Fsp3) is 0.750. The lowest BCUT2D eigenvalue weighted by molar-refractivity contribution is -0.428. The van der Waals surface area contributed by atoms with Gasteiger partial charge in [-0.05, 0) is 12.5 Å². The smallest absolute Gasteiger partial charge is 0.242 e. The Morgan fingerprint density at radius 2 is 2.58 bits per heavy atom. The van der Waals surface area contributed by atoms with Crippen molar-refractivity contribution in [3.8, 4) is 0 Å². The van der Waals surface area contributed by atoms with E-state index in [0.717, 1.165) is 13.0 Å². The minimum Gasteiger partial charge on any atom is -0.381 e. The highest BCUT2D eigenvalue weighted by Crippen LogP contribution is 2.16. The zero-order valence-corrected chi connectivity index (χ0v) is 7.16. The Labute approximate surface area is 71.4 Å². The molecule has 0 radical (unpaired) electrons. The Morgan fingerprint density at radius 3 is 3.00 bits per heavy atom. The van der Waals surface area contributed by atoms with Crippen LogP contribution in [0.25, 0.3) is 0 Å². The Hall–Kier alpha value is -0.900. The maximum absolute atomic E-state index is 10.4. The second-order valence-electron chi connectivity index (χ2n) is 2.89. The molecule has 1 heterocycles. The zero-order valence-electron chi connectivity index (χ0n) is 7.16. The predicted octanol–water partition coefficient (Wildman–Crippen LogP) is 1.59. The molecule has 12 heavy (non-hydrogen) atoms. The summed E-state index contributed by atoms with van der Waals surface area (Å²) in [6.07, 6.45) is 3.13. The standard InChI is InChI=1S/C8H13NO3/c1-2-8(9(10)11)5-7-3-4-12-6-7/h5,7H,2-4,6H2,1H3/b8-5+. The van der Waals surface area contributed by atoms with Gasteiger partial charge in [0.15, 0.2) is 0 Å². The van der Waals surface area contributed by atoms with E-state index in [9.17, 15) is 10.1 Å². The van der Waals surface area contributed by atoms with Gasteiger partial charge in [-0.2, -0.15) is 0 Å². The normalized spacial score (nSPS) is 24.4. The maximum Gasteiger partial charge on any atom is 0.242 e. The van der Waals surface area contributed by atoms with Crippen LogP contribution in [-0.4, -0.2) is 18.1 Å². The van der Waals surface area contributed by atoms with Crippen molar-refractivity contribution in [1.29, 1.82) is 0 Å². The molecule has 68 valence electrons. The van der Waals surface area contributed by atoms with Gasteiger partial charge in [0, 0.05) is 18.9 Å². The van der Waals surface area contributed by atoms with Crippen LogP contribution in [-0.2, 0) is 4.74 Å². The maximum atomic E-state index is 10.4. The molecule has 0 N–H and O–H groups in total. The number of hydrogen-bond acceptors (Lipinski definition) is 3. The minimum atomic E-state index is -0.307. The molecule has 0 amide bonds. The van der Waals surface area contributed by atoms with Crippen molar-refractivity contribution in [3.63, 3.8) is 0 Å². The van der Waals surface area contributed by atoms with Crippen molar-refractivity contribution >= 4 is 0 Å². The van der Waals surface area contributed by atoms with Crippen LogP contribution in [0.1, 0.15) is 19.8 Å². The third kappa shape index (κ3) is 2.30. The van der Waals surface area contributed by atoms with Crippen LogP contribution >= 0.6 is 0 Å². The second-order valence-corrected chi connectivity index (χ2v) is 2.89. The van der Waals surface area contributed by atoms with Crippen LogP contribution in [0, 0.1) is 16.0 Å². The van der Waals surface area contributed by atoms with E-state index in [0.29, 0.717) is 18.7 Å². The largest absolute Gasteiger partial charge is 0.381 e. The number of hydrogen-bond donors (Lipinski definition) is 0. The first-order chi connectivity index (χ1) is 5.74. The molecule has 4 heteroatoms. The quantitative estimate of drug-likeness (QED) is 0.478. The van der Waals surface area contributed by atoms with Crippen LogP contribution in [0.4, 0.5) is 0 Å². The third-order valence-corrected chi connectivity index (χ3v) is 1.99. The highest BCUT2D eigenvalue weighted by Gasteiger charge is 2.17. The van der Waals surface area contributed by atoms with Gasteiger partial charge < -0.3 is 4.74 Å². The molecule has 0 aromatic heterocycles. The number of ether oxygens (including phenoxy) is 1. The molecule has 1 aliphatic rings. The van der Waals surface area contributed by atoms with Crippen molar-refractivity contribution in [2.45, 2.75) is 19.8 Å². The predicted molar refractivity (Wildman–Crippen MR) is 44.3 cm³/mol. The monoisotopic (exact) mass is 171 g/mol. The van der Waals surface area contributed by atoms with Gasteiger partial charge in [-0.3, -0.25) is 10.1 Å². The molecule has 1 rings (SSSR count). The van der Waals surface area contributed by atoms with E-state index >= 15 is 0 Å². The zero-order chi connectivity index (χ0) is 8.97. The van der Waals surface area contributed by atoms with Gasteiger partial charge >= 0.3 is 0 Å². The molecule has 0 bridgehead atoms. The number of rotatable bonds is 3. The second kappa shape index (κ2) is 4.21. The Morgan fingerprint density at radius 1 is 1.83 bits per heavy atom. The van der Waals surface area contributed by atoms with Crippen molar-refractivity contribution in [1.82, 2.24) is 0 Å². The van der Waals surface area contributed by atoms with Gasteiger partial charge in [-0.15, -0.1) is 0 Å². The topological polar surface area (TPSA) is 52.4 Å². The average molecular weight is 171 g/mol. The van der Waals surface area contributed by atoms with Gasteiger partial charge in [-0.25, -0.2) is 0 Å². The molecule has 0 saturated carbocycles. The van der Waals surface area contributed by atoms with Gasteiger partial charge in [-0.1, -0.05) is 6.92 Å². The van der Waals surface area contributed by atoms with Gasteiger partial charge in [0.1, 0.15) is 0 Å². The lowest BCUT2D eigenvalue weighted by atomic mass is 10.1. The van der Waals surface area contributed by atoms with Crippen LogP contribution in [0.2, 0.25) is 0 Å². The SMILES string of the molecule is CC/C(=C\C1CCOC1)[N+](=O)[O-]. The van der Waals surface area contributed by atoms with E-state index in [1.54, 1.807) is 13.0 Å².